The highest BCUT2D eigenvalue weighted by atomic mass is 15.2. The first kappa shape index (κ1) is 12.2. The van der Waals surface area contributed by atoms with Crippen LogP contribution < -0.4 is 11.1 Å². The van der Waals surface area contributed by atoms with Crippen molar-refractivity contribution >= 4 is 11.5 Å². The molecule has 0 spiro atoms. The lowest BCUT2D eigenvalue weighted by Gasteiger charge is -2.24. The van der Waals surface area contributed by atoms with Gasteiger partial charge in [0.05, 0.1) is 0 Å². The van der Waals surface area contributed by atoms with Gasteiger partial charge in [-0.3, -0.25) is 4.90 Å². The molecule has 1 fully saturated rings. The standard InChI is InChI=1S/C13H22N4/c1-10-8-15-13(7-12(10)14)16-9-11(2)17-5-3-4-6-17/h7-8,11H,3-6,9H2,1-2H3,(H3,14,15,16). The second-order valence-electron chi connectivity index (χ2n) is 4.90. The fraction of sp³-hybridized carbons (Fsp3) is 0.615. The average molecular weight is 234 g/mol. The van der Waals surface area contributed by atoms with Gasteiger partial charge >= 0.3 is 0 Å². The number of likely N-dealkylation sites (tertiary alicyclic amines) is 1. The fourth-order valence-electron chi connectivity index (χ4n) is 2.20. The van der Waals surface area contributed by atoms with Crippen LogP contribution in [0.1, 0.15) is 25.3 Å². The molecule has 4 nitrogen and oxygen atoms in total. The Morgan fingerprint density at radius 2 is 2.18 bits per heavy atom. The summed E-state index contributed by atoms with van der Waals surface area (Å²) in [5.41, 5.74) is 7.69. The van der Waals surface area contributed by atoms with Crippen molar-refractivity contribution in [3.63, 3.8) is 0 Å². The Labute approximate surface area is 103 Å². The maximum absolute atomic E-state index is 5.86. The fourth-order valence-corrected chi connectivity index (χ4v) is 2.20. The van der Waals surface area contributed by atoms with Gasteiger partial charge in [0.25, 0.3) is 0 Å². The molecule has 4 heteroatoms. The predicted molar refractivity (Wildman–Crippen MR) is 72.1 cm³/mol. The van der Waals surface area contributed by atoms with Crippen LogP contribution in [0.3, 0.4) is 0 Å². The summed E-state index contributed by atoms with van der Waals surface area (Å²) < 4.78 is 0. The Morgan fingerprint density at radius 1 is 1.47 bits per heavy atom. The van der Waals surface area contributed by atoms with Crippen LogP contribution in [-0.4, -0.2) is 35.6 Å². The summed E-state index contributed by atoms with van der Waals surface area (Å²) in [6, 6.07) is 2.47. The van der Waals surface area contributed by atoms with E-state index in [-0.39, 0.29) is 0 Å². The van der Waals surface area contributed by atoms with Crippen LogP contribution in [0.5, 0.6) is 0 Å². The number of aryl methyl sites for hydroxylation is 1. The van der Waals surface area contributed by atoms with E-state index in [0.717, 1.165) is 23.6 Å². The normalized spacial score (nSPS) is 18.2. The second kappa shape index (κ2) is 5.36. The number of nitrogens with zero attached hydrogens (tertiary/aromatic N) is 2. The quantitative estimate of drug-likeness (QED) is 0.835. The van der Waals surface area contributed by atoms with E-state index in [0.29, 0.717) is 6.04 Å². The summed E-state index contributed by atoms with van der Waals surface area (Å²) in [4.78, 5) is 6.85. The van der Waals surface area contributed by atoms with Crippen molar-refractivity contribution in [1.29, 1.82) is 0 Å². The minimum atomic E-state index is 0.557. The Morgan fingerprint density at radius 3 is 2.82 bits per heavy atom. The number of aromatic nitrogens is 1. The Balaban J connectivity index is 1.86. The average Bonchev–Trinajstić information content (AvgIpc) is 2.84. The summed E-state index contributed by atoms with van der Waals surface area (Å²) >= 11 is 0. The molecule has 1 aliphatic heterocycles. The van der Waals surface area contributed by atoms with E-state index in [1.54, 1.807) is 0 Å². The maximum atomic E-state index is 5.86. The van der Waals surface area contributed by atoms with Gasteiger partial charge < -0.3 is 11.1 Å². The monoisotopic (exact) mass is 234 g/mol. The summed E-state index contributed by atoms with van der Waals surface area (Å²) in [7, 11) is 0. The lowest BCUT2D eigenvalue weighted by molar-refractivity contribution is 0.269. The van der Waals surface area contributed by atoms with Crippen LogP contribution in [0.2, 0.25) is 0 Å². The summed E-state index contributed by atoms with van der Waals surface area (Å²) in [5.74, 6) is 0.874. The molecule has 2 rings (SSSR count). The van der Waals surface area contributed by atoms with Gasteiger partial charge in [0.1, 0.15) is 5.82 Å². The van der Waals surface area contributed by atoms with Crippen LogP contribution in [-0.2, 0) is 0 Å². The zero-order valence-corrected chi connectivity index (χ0v) is 10.7. The zero-order chi connectivity index (χ0) is 12.3. The molecule has 1 aromatic rings. The number of hydrogen-bond acceptors (Lipinski definition) is 4. The highest BCUT2D eigenvalue weighted by molar-refractivity contribution is 5.53. The van der Waals surface area contributed by atoms with Gasteiger partial charge in [-0.15, -0.1) is 0 Å². The van der Waals surface area contributed by atoms with Crippen molar-refractivity contribution in [2.24, 2.45) is 0 Å². The molecule has 1 saturated heterocycles. The highest BCUT2D eigenvalue weighted by Crippen LogP contribution is 2.15. The topological polar surface area (TPSA) is 54.2 Å². The van der Waals surface area contributed by atoms with E-state index in [2.05, 4.69) is 22.1 Å². The molecule has 0 saturated carbocycles. The van der Waals surface area contributed by atoms with Gasteiger partial charge in [-0.05, 0) is 45.3 Å². The molecular formula is C13H22N4. The molecule has 0 aliphatic carbocycles. The summed E-state index contributed by atoms with van der Waals surface area (Å²) in [6.07, 6.45) is 4.48. The molecule has 1 atom stereocenters. The van der Waals surface area contributed by atoms with E-state index < -0.39 is 0 Å². The number of anilines is 2. The molecule has 0 radical (unpaired) electrons. The third kappa shape index (κ3) is 3.09. The van der Waals surface area contributed by atoms with Crippen molar-refractivity contribution in [1.82, 2.24) is 9.88 Å². The van der Waals surface area contributed by atoms with Gasteiger partial charge in [0, 0.05) is 30.5 Å². The van der Waals surface area contributed by atoms with E-state index >= 15 is 0 Å². The minimum Gasteiger partial charge on any atom is -0.398 e. The summed E-state index contributed by atoms with van der Waals surface area (Å²) in [6.45, 7) is 7.61. The lowest BCUT2D eigenvalue weighted by Crippen LogP contribution is -2.35. The second-order valence-corrected chi connectivity index (χ2v) is 4.90. The Hall–Kier alpha value is -1.29. The van der Waals surface area contributed by atoms with Crippen molar-refractivity contribution in [3.8, 4) is 0 Å². The molecular weight excluding hydrogens is 212 g/mol. The third-order valence-corrected chi connectivity index (χ3v) is 3.49. The van der Waals surface area contributed by atoms with E-state index in [9.17, 15) is 0 Å². The molecule has 94 valence electrons. The molecule has 0 bridgehead atoms. The molecule has 3 N–H and O–H groups in total. The molecule has 17 heavy (non-hydrogen) atoms. The lowest BCUT2D eigenvalue weighted by atomic mass is 10.2. The number of nitrogens with one attached hydrogen (secondary N) is 1. The summed E-state index contributed by atoms with van der Waals surface area (Å²) in [5, 5.41) is 3.36. The van der Waals surface area contributed by atoms with Gasteiger partial charge in [0.15, 0.2) is 0 Å². The van der Waals surface area contributed by atoms with Gasteiger partial charge in [-0.2, -0.15) is 0 Å². The smallest absolute Gasteiger partial charge is 0.128 e. The van der Waals surface area contributed by atoms with Gasteiger partial charge in [-0.1, -0.05) is 0 Å². The van der Waals surface area contributed by atoms with Gasteiger partial charge in [0.2, 0.25) is 0 Å². The van der Waals surface area contributed by atoms with Crippen molar-refractivity contribution < 1.29 is 0 Å². The van der Waals surface area contributed by atoms with Crippen LogP contribution in [0.15, 0.2) is 12.3 Å². The first-order chi connectivity index (χ1) is 8.16. The first-order valence-electron chi connectivity index (χ1n) is 6.37. The third-order valence-electron chi connectivity index (χ3n) is 3.49. The number of nitrogen functional groups attached to an aromatic ring is 1. The number of rotatable bonds is 4. The van der Waals surface area contributed by atoms with Crippen molar-refractivity contribution in [2.45, 2.75) is 32.7 Å². The molecule has 1 unspecified atom stereocenters. The zero-order valence-electron chi connectivity index (χ0n) is 10.7. The van der Waals surface area contributed by atoms with Crippen LogP contribution in [0, 0.1) is 6.92 Å². The van der Waals surface area contributed by atoms with Crippen LogP contribution >= 0.6 is 0 Å². The van der Waals surface area contributed by atoms with Crippen LogP contribution in [0.25, 0.3) is 0 Å². The van der Waals surface area contributed by atoms with Crippen molar-refractivity contribution in [3.05, 3.63) is 17.8 Å². The number of pyridine rings is 1. The van der Waals surface area contributed by atoms with E-state index in [1.807, 2.05) is 19.2 Å². The predicted octanol–water partition coefficient (Wildman–Crippen LogP) is 1.87. The van der Waals surface area contributed by atoms with Gasteiger partial charge in [-0.25, -0.2) is 4.98 Å². The highest BCUT2D eigenvalue weighted by Gasteiger charge is 2.17. The van der Waals surface area contributed by atoms with Crippen LogP contribution in [0.4, 0.5) is 11.5 Å². The number of nitrogens with two attached hydrogens (primary N) is 1. The molecule has 1 aromatic heterocycles. The largest absolute Gasteiger partial charge is 0.398 e. The van der Waals surface area contributed by atoms with E-state index in [1.165, 1.54) is 25.9 Å². The Bertz CT molecular complexity index is 372. The van der Waals surface area contributed by atoms with Crippen molar-refractivity contribution in [2.75, 3.05) is 30.7 Å². The number of hydrogen-bond donors (Lipinski definition) is 2. The van der Waals surface area contributed by atoms with E-state index in [4.69, 9.17) is 5.73 Å². The first-order valence-corrected chi connectivity index (χ1v) is 6.37. The maximum Gasteiger partial charge on any atom is 0.128 e. The molecule has 0 aromatic carbocycles. The molecule has 2 heterocycles. The molecule has 0 amide bonds. The minimum absolute atomic E-state index is 0.557. The SMILES string of the molecule is Cc1cnc(NCC(C)N2CCCC2)cc1N. The Kier molecular flexibility index (Phi) is 3.84. The molecule has 1 aliphatic rings.